The molecule has 0 spiro atoms. The molecule has 3 heteroatoms. The van der Waals surface area contributed by atoms with Crippen LogP contribution in [-0.4, -0.2) is 11.3 Å². The zero-order valence-corrected chi connectivity index (χ0v) is 9.59. The van der Waals surface area contributed by atoms with Crippen molar-refractivity contribution in [3.05, 3.63) is 59.7 Å². The fourth-order valence-corrected chi connectivity index (χ4v) is 1.47. The highest BCUT2D eigenvalue weighted by atomic mass is 16.3. The fourth-order valence-electron chi connectivity index (χ4n) is 1.47. The smallest absolute Gasteiger partial charge is 0.127 e. The van der Waals surface area contributed by atoms with Gasteiger partial charge in [0.05, 0.1) is 11.9 Å². The van der Waals surface area contributed by atoms with Crippen LogP contribution in [0.25, 0.3) is 0 Å². The number of nitrogens with zero attached hydrogens (tertiary/aromatic N) is 1. The number of rotatable bonds is 3. The molecule has 0 fully saturated rings. The van der Waals surface area contributed by atoms with E-state index >= 15 is 0 Å². The Kier molecular flexibility index (Phi) is 3.40. The summed E-state index contributed by atoms with van der Waals surface area (Å²) >= 11 is 0. The summed E-state index contributed by atoms with van der Waals surface area (Å²) in [5, 5.41) is 13.9. The highest BCUT2D eigenvalue weighted by molar-refractivity contribution is 5.84. The molecular formula is C14H14N2O. The Balaban J connectivity index is 2.09. The third kappa shape index (κ3) is 2.84. The molecule has 0 aliphatic rings. The number of phenolic OH excluding ortho intramolecular Hbond substituents is 1. The first-order valence-electron chi connectivity index (χ1n) is 5.40. The summed E-state index contributed by atoms with van der Waals surface area (Å²) in [7, 11) is 0. The van der Waals surface area contributed by atoms with Gasteiger partial charge < -0.3 is 5.11 Å². The Morgan fingerprint density at radius 3 is 2.59 bits per heavy atom. The van der Waals surface area contributed by atoms with Gasteiger partial charge in [0.1, 0.15) is 5.75 Å². The van der Waals surface area contributed by atoms with E-state index in [1.807, 2.05) is 55.5 Å². The number of phenols is 1. The van der Waals surface area contributed by atoms with E-state index in [-0.39, 0.29) is 5.75 Å². The molecule has 0 radical (unpaired) electrons. The van der Waals surface area contributed by atoms with Crippen molar-refractivity contribution in [1.82, 2.24) is 0 Å². The number of hydrogen-bond acceptors (Lipinski definition) is 3. The Bertz CT molecular complexity index is 521. The van der Waals surface area contributed by atoms with Gasteiger partial charge in [-0.25, -0.2) is 0 Å². The van der Waals surface area contributed by atoms with Crippen LogP contribution >= 0.6 is 0 Å². The zero-order chi connectivity index (χ0) is 12.1. The standard InChI is InChI=1S/C14H14N2O/c1-11-6-5-7-12(14(11)17)10-15-16-13-8-3-2-4-9-13/h2-10,16-17H,1H3. The van der Waals surface area contributed by atoms with E-state index < -0.39 is 0 Å². The van der Waals surface area contributed by atoms with Gasteiger partial charge in [0.15, 0.2) is 0 Å². The summed E-state index contributed by atoms with van der Waals surface area (Å²) in [6.07, 6.45) is 1.61. The maximum atomic E-state index is 9.78. The molecule has 2 rings (SSSR count). The average molecular weight is 226 g/mol. The first-order valence-corrected chi connectivity index (χ1v) is 5.40. The number of nitrogens with one attached hydrogen (secondary N) is 1. The second kappa shape index (κ2) is 5.16. The first-order chi connectivity index (χ1) is 8.27. The predicted molar refractivity (Wildman–Crippen MR) is 70.5 cm³/mol. The molecule has 0 heterocycles. The lowest BCUT2D eigenvalue weighted by Gasteiger charge is -2.02. The maximum absolute atomic E-state index is 9.78. The molecule has 0 amide bonds. The Hall–Kier alpha value is -2.29. The van der Waals surface area contributed by atoms with Crippen LogP contribution in [0.1, 0.15) is 11.1 Å². The molecule has 0 unspecified atom stereocenters. The molecule has 0 bridgehead atoms. The van der Waals surface area contributed by atoms with Crippen LogP contribution in [-0.2, 0) is 0 Å². The predicted octanol–water partition coefficient (Wildman–Crippen LogP) is 3.15. The Morgan fingerprint density at radius 2 is 1.82 bits per heavy atom. The van der Waals surface area contributed by atoms with Crippen LogP contribution < -0.4 is 5.43 Å². The van der Waals surface area contributed by atoms with Gasteiger partial charge in [0.25, 0.3) is 0 Å². The van der Waals surface area contributed by atoms with Gasteiger partial charge in [-0.2, -0.15) is 5.10 Å². The van der Waals surface area contributed by atoms with Crippen molar-refractivity contribution in [3.63, 3.8) is 0 Å². The second-order valence-corrected chi connectivity index (χ2v) is 3.75. The third-order valence-corrected chi connectivity index (χ3v) is 2.44. The van der Waals surface area contributed by atoms with E-state index in [2.05, 4.69) is 10.5 Å². The van der Waals surface area contributed by atoms with E-state index in [1.54, 1.807) is 6.21 Å². The van der Waals surface area contributed by atoms with Crippen molar-refractivity contribution in [2.45, 2.75) is 6.92 Å². The molecule has 17 heavy (non-hydrogen) atoms. The van der Waals surface area contributed by atoms with Crippen LogP contribution in [0.5, 0.6) is 5.75 Å². The van der Waals surface area contributed by atoms with E-state index in [0.717, 1.165) is 11.3 Å². The number of para-hydroxylation sites is 2. The number of benzene rings is 2. The minimum Gasteiger partial charge on any atom is -0.507 e. The number of hydrazone groups is 1. The van der Waals surface area contributed by atoms with Gasteiger partial charge in [0.2, 0.25) is 0 Å². The Morgan fingerprint density at radius 1 is 1.06 bits per heavy atom. The van der Waals surface area contributed by atoms with Crippen molar-refractivity contribution >= 4 is 11.9 Å². The minimum absolute atomic E-state index is 0.270. The second-order valence-electron chi connectivity index (χ2n) is 3.75. The van der Waals surface area contributed by atoms with E-state index in [4.69, 9.17) is 0 Å². The summed E-state index contributed by atoms with van der Waals surface area (Å²) in [6, 6.07) is 15.2. The van der Waals surface area contributed by atoms with Gasteiger partial charge in [-0.15, -0.1) is 0 Å². The van der Waals surface area contributed by atoms with Crippen molar-refractivity contribution in [2.24, 2.45) is 5.10 Å². The molecule has 3 nitrogen and oxygen atoms in total. The Labute approximate surface area is 100 Å². The SMILES string of the molecule is Cc1cccc(C=NNc2ccccc2)c1O. The quantitative estimate of drug-likeness (QED) is 0.623. The van der Waals surface area contributed by atoms with Crippen LogP contribution in [0.2, 0.25) is 0 Å². The molecule has 86 valence electrons. The number of aromatic hydroxyl groups is 1. The first kappa shape index (κ1) is 11.2. The summed E-state index contributed by atoms with van der Waals surface area (Å²) in [5.74, 6) is 0.270. The van der Waals surface area contributed by atoms with Gasteiger partial charge in [-0.3, -0.25) is 5.43 Å². The molecule has 0 atom stereocenters. The zero-order valence-electron chi connectivity index (χ0n) is 9.59. The number of hydrogen-bond donors (Lipinski definition) is 2. The molecule has 0 saturated carbocycles. The van der Waals surface area contributed by atoms with E-state index in [0.29, 0.717) is 5.56 Å². The summed E-state index contributed by atoms with van der Waals surface area (Å²) < 4.78 is 0. The largest absolute Gasteiger partial charge is 0.507 e. The minimum atomic E-state index is 0.270. The van der Waals surface area contributed by atoms with Crippen molar-refractivity contribution in [1.29, 1.82) is 0 Å². The molecule has 0 saturated heterocycles. The van der Waals surface area contributed by atoms with Crippen molar-refractivity contribution < 1.29 is 5.11 Å². The molecule has 2 N–H and O–H groups in total. The summed E-state index contributed by atoms with van der Waals surface area (Å²) in [6.45, 7) is 1.86. The lowest BCUT2D eigenvalue weighted by Crippen LogP contribution is -1.91. The number of anilines is 1. The normalized spacial score (nSPS) is 10.6. The number of aryl methyl sites for hydroxylation is 1. The van der Waals surface area contributed by atoms with Crippen molar-refractivity contribution in [2.75, 3.05) is 5.43 Å². The van der Waals surface area contributed by atoms with Crippen molar-refractivity contribution in [3.8, 4) is 5.75 Å². The topological polar surface area (TPSA) is 44.6 Å². The monoisotopic (exact) mass is 226 g/mol. The van der Waals surface area contributed by atoms with E-state index in [9.17, 15) is 5.11 Å². The van der Waals surface area contributed by atoms with Crippen LogP contribution in [0.4, 0.5) is 5.69 Å². The lowest BCUT2D eigenvalue weighted by atomic mass is 10.1. The van der Waals surface area contributed by atoms with Crippen LogP contribution in [0.3, 0.4) is 0 Å². The van der Waals surface area contributed by atoms with Gasteiger partial charge >= 0.3 is 0 Å². The fraction of sp³-hybridized carbons (Fsp3) is 0.0714. The van der Waals surface area contributed by atoms with E-state index in [1.165, 1.54) is 0 Å². The molecular weight excluding hydrogens is 212 g/mol. The average Bonchev–Trinajstić information content (AvgIpc) is 2.36. The highest BCUT2D eigenvalue weighted by Crippen LogP contribution is 2.19. The summed E-state index contributed by atoms with van der Waals surface area (Å²) in [5.41, 5.74) is 5.35. The highest BCUT2D eigenvalue weighted by Gasteiger charge is 1.99. The van der Waals surface area contributed by atoms with Gasteiger partial charge in [-0.05, 0) is 30.7 Å². The summed E-state index contributed by atoms with van der Waals surface area (Å²) in [4.78, 5) is 0. The lowest BCUT2D eigenvalue weighted by molar-refractivity contribution is 0.470. The molecule has 2 aromatic carbocycles. The van der Waals surface area contributed by atoms with Gasteiger partial charge in [-0.1, -0.05) is 30.3 Å². The maximum Gasteiger partial charge on any atom is 0.127 e. The van der Waals surface area contributed by atoms with Crippen LogP contribution in [0.15, 0.2) is 53.6 Å². The van der Waals surface area contributed by atoms with Gasteiger partial charge in [0, 0.05) is 5.56 Å². The molecule has 2 aromatic rings. The third-order valence-electron chi connectivity index (χ3n) is 2.44. The molecule has 0 aliphatic carbocycles. The van der Waals surface area contributed by atoms with Crippen LogP contribution in [0, 0.1) is 6.92 Å². The molecule has 0 aliphatic heterocycles. The molecule has 0 aromatic heterocycles.